The summed E-state index contributed by atoms with van der Waals surface area (Å²) in [5.74, 6) is -1.43. The number of aliphatic hydroxyl groups is 1. The summed E-state index contributed by atoms with van der Waals surface area (Å²) in [6.45, 7) is 11.0. The number of carbonyl (C=O) groups is 2. The maximum Gasteiger partial charge on any atom is 0.334 e. The van der Waals surface area contributed by atoms with Gasteiger partial charge in [0.1, 0.15) is 12.2 Å². The van der Waals surface area contributed by atoms with Gasteiger partial charge in [-0.05, 0) is 39.3 Å². The zero-order valence-electron chi connectivity index (χ0n) is 15.7. The van der Waals surface area contributed by atoms with Crippen molar-refractivity contribution in [3.63, 3.8) is 0 Å². The molecule has 6 nitrogen and oxygen atoms in total. The van der Waals surface area contributed by atoms with Gasteiger partial charge in [-0.25, -0.2) is 9.59 Å². The highest BCUT2D eigenvalue weighted by atomic mass is 16.6. The molecule has 0 spiro atoms. The first-order valence-electron chi connectivity index (χ1n) is 8.94. The Hall–Kier alpha value is -1.92. The summed E-state index contributed by atoms with van der Waals surface area (Å²) in [5.41, 5.74) is 0.974. The van der Waals surface area contributed by atoms with Crippen LogP contribution in [0, 0.1) is 5.92 Å². The molecule has 3 rings (SSSR count). The molecule has 1 aliphatic carbocycles. The summed E-state index contributed by atoms with van der Waals surface area (Å²) in [6.07, 6.45) is 2.29. The van der Waals surface area contributed by atoms with Gasteiger partial charge in [-0.1, -0.05) is 12.7 Å². The van der Waals surface area contributed by atoms with Crippen LogP contribution in [0.15, 0.2) is 35.5 Å². The lowest BCUT2D eigenvalue weighted by molar-refractivity contribution is -0.148. The zero-order valence-corrected chi connectivity index (χ0v) is 15.7. The number of esters is 2. The first-order valence-corrected chi connectivity index (χ1v) is 8.94. The predicted octanol–water partition coefficient (Wildman–Crippen LogP) is 2.22. The second-order valence-electron chi connectivity index (χ2n) is 7.62. The van der Waals surface area contributed by atoms with Crippen LogP contribution in [0.3, 0.4) is 0 Å². The van der Waals surface area contributed by atoms with E-state index in [0.29, 0.717) is 24.0 Å². The fourth-order valence-corrected chi connectivity index (χ4v) is 3.70. The first kappa shape index (κ1) is 18.9. The molecule has 2 aliphatic heterocycles. The van der Waals surface area contributed by atoms with Gasteiger partial charge >= 0.3 is 11.9 Å². The molecule has 0 aromatic heterocycles. The number of hydrogen-bond acceptors (Lipinski definition) is 6. The molecule has 0 saturated carbocycles. The van der Waals surface area contributed by atoms with Crippen LogP contribution in [-0.4, -0.2) is 47.1 Å². The Labute approximate surface area is 153 Å². The maximum absolute atomic E-state index is 12.4. The molecule has 6 atom stereocenters. The van der Waals surface area contributed by atoms with Gasteiger partial charge in [-0.15, -0.1) is 0 Å². The molecule has 142 valence electrons. The van der Waals surface area contributed by atoms with E-state index in [0.717, 1.165) is 0 Å². The van der Waals surface area contributed by atoms with Gasteiger partial charge < -0.3 is 19.3 Å². The fraction of sp³-hybridized carbons (Fsp3) is 0.600. The average Bonchev–Trinajstić information content (AvgIpc) is 3.11. The highest BCUT2D eigenvalue weighted by molar-refractivity contribution is 5.92. The number of rotatable bonds is 2. The lowest BCUT2D eigenvalue weighted by Crippen LogP contribution is -2.37. The monoisotopic (exact) mass is 362 g/mol. The molecule has 0 bridgehead atoms. The molecule has 26 heavy (non-hydrogen) atoms. The van der Waals surface area contributed by atoms with Crippen molar-refractivity contribution >= 4 is 11.9 Å². The van der Waals surface area contributed by atoms with Crippen LogP contribution in [0.25, 0.3) is 0 Å². The van der Waals surface area contributed by atoms with Crippen molar-refractivity contribution < 1.29 is 28.9 Å². The Bertz CT molecular complexity index is 705. The average molecular weight is 362 g/mol. The number of ether oxygens (including phenoxy) is 3. The largest absolute Gasteiger partial charge is 0.458 e. The van der Waals surface area contributed by atoms with Gasteiger partial charge in [-0.2, -0.15) is 0 Å². The Morgan fingerprint density at radius 2 is 2.19 bits per heavy atom. The minimum atomic E-state index is -0.667. The molecule has 0 aromatic carbocycles. The van der Waals surface area contributed by atoms with Crippen molar-refractivity contribution in [3.05, 3.63) is 35.5 Å². The number of aliphatic hydroxyl groups excluding tert-OH is 1. The van der Waals surface area contributed by atoms with Gasteiger partial charge in [-0.3, -0.25) is 0 Å². The normalized spacial score (nSPS) is 42.1. The van der Waals surface area contributed by atoms with Gasteiger partial charge in [0.15, 0.2) is 0 Å². The lowest BCUT2D eigenvalue weighted by Gasteiger charge is -2.29. The van der Waals surface area contributed by atoms with Crippen molar-refractivity contribution in [3.8, 4) is 0 Å². The quantitative estimate of drug-likeness (QED) is 0.351. The van der Waals surface area contributed by atoms with Crippen LogP contribution in [0.1, 0.15) is 40.5 Å². The van der Waals surface area contributed by atoms with Crippen molar-refractivity contribution in [2.75, 3.05) is 0 Å². The van der Waals surface area contributed by atoms with Crippen LogP contribution < -0.4 is 0 Å². The Morgan fingerprint density at radius 3 is 2.85 bits per heavy atom. The van der Waals surface area contributed by atoms with Crippen LogP contribution in [0.4, 0.5) is 0 Å². The second-order valence-corrected chi connectivity index (χ2v) is 7.62. The number of hydrogen-bond donors (Lipinski definition) is 1. The van der Waals surface area contributed by atoms with Crippen LogP contribution in [0.5, 0.6) is 0 Å². The standard InChI is InChI=1S/C20H26O6/c1-6-10(2)18(22)25-15-9-20(5)16(26-20)8-13(21)11(3)7-14-17(15)12(4)19(23)24-14/h6-7,13-17,21H,4,8-9H2,1-3,5H3/b10-6+,11-7+/t13-,14+,15+,16-,17+,20-/m1/s1. The molecule has 2 saturated heterocycles. The predicted molar refractivity (Wildman–Crippen MR) is 94.1 cm³/mol. The van der Waals surface area contributed by atoms with E-state index >= 15 is 0 Å². The molecule has 1 N–H and O–H groups in total. The molecule has 3 aliphatic rings. The Balaban J connectivity index is 1.98. The fourth-order valence-electron chi connectivity index (χ4n) is 3.70. The minimum Gasteiger partial charge on any atom is -0.458 e. The Morgan fingerprint density at radius 1 is 1.50 bits per heavy atom. The molecule has 0 radical (unpaired) electrons. The SMILES string of the molecule is C=C1C(=O)O[C@H]2/C=C(\C)[C@H](O)C[C@H]3O[C@]3(C)C[C@H](OC(=O)/C(C)=C/C)[C@@H]12. The number of epoxide rings is 1. The number of carbonyl (C=O) groups excluding carboxylic acids is 2. The summed E-state index contributed by atoms with van der Waals surface area (Å²) in [6, 6.07) is 0. The molecule has 2 heterocycles. The van der Waals surface area contributed by atoms with E-state index in [4.69, 9.17) is 14.2 Å². The van der Waals surface area contributed by atoms with Crippen LogP contribution in [-0.2, 0) is 23.8 Å². The summed E-state index contributed by atoms with van der Waals surface area (Å²) >= 11 is 0. The summed E-state index contributed by atoms with van der Waals surface area (Å²) in [4.78, 5) is 24.5. The highest BCUT2D eigenvalue weighted by Crippen LogP contribution is 2.47. The number of fused-ring (bicyclic) bond motifs is 2. The summed E-state index contributed by atoms with van der Waals surface area (Å²) in [7, 11) is 0. The van der Waals surface area contributed by atoms with Gasteiger partial charge in [0, 0.05) is 24.0 Å². The highest BCUT2D eigenvalue weighted by Gasteiger charge is 2.57. The van der Waals surface area contributed by atoms with Crippen LogP contribution >= 0.6 is 0 Å². The molecule has 0 aromatic rings. The topological polar surface area (TPSA) is 85.4 Å². The molecular formula is C20H26O6. The van der Waals surface area contributed by atoms with E-state index in [1.807, 2.05) is 6.92 Å². The lowest BCUT2D eigenvalue weighted by atomic mass is 9.82. The molecule has 0 unspecified atom stereocenters. The van der Waals surface area contributed by atoms with Crippen LogP contribution in [0.2, 0.25) is 0 Å². The van der Waals surface area contributed by atoms with Gasteiger partial charge in [0.25, 0.3) is 0 Å². The van der Waals surface area contributed by atoms with E-state index < -0.39 is 41.8 Å². The van der Waals surface area contributed by atoms with Crippen molar-refractivity contribution in [2.45, 2.75) is 70.6 Å². The van der Waals surface area contributed by atoms with E-state index in [9.17, 15) is 14.7 Å². The van der Waals surface area contributed by atoms with Crippen molar-refractivity contribution in [1.29, 1.82) is 0 Å². The van der Waals surface area contributed by atoms with Gasteiger partial charge in [0.2, 0.25) is 0 Å². The summed E-state index contributed by atoms with van der Waals surface area (Å²) in [5, 5.41) is 10.4. The van der Waals surface area contributed by atoms with E-state index in [1.54, 1.807) is 32.9 Å². The van der Waals surface area contributed by atoms with E-state index in [1.165, 1.54) is 0 Å². The molecule has 2 fully saturated rings. The molecule has 0 amide bonds. The summed E-state index contributed by atoms with van der Waals surface area (Å²) < 4.78 is 17.0. The molecule has 6 heteroatoms. The third kappa shape index (κ3) is 3.35. The van der Waals surface area contributed by atoms with Crippen molar-refractivity contribution in [2.24, 2.45) is 5.92 Å². The first-order chi connectivity index (χ1) is 12.2. The minimum absolute atomic E-state index is 0.118. The second kappa shape index (κ2) is 6.67. The zero-order chi connectivity index (χ0) is 19.2. The van der Waals surface area contributed by atoms with Crippen molar-refractivity contribution in [1.82, 2.24) is 0 Å². The maximum atomic E-state index is 12.4. The number of allylic oxidation sites excluding steroid dienone is 1. The third-order valence-electron chi connectivity index (χ3n) is 5.71. The molecular weight excluding hydrogens is 336 g/mol. The Kier molecular flexibility index (Phi) is 4.84. The van der Waals surface area contributed by atoms with Gasteiger partial charge in [0.05, 0.1) is 23.7 Å². The third-order valence-corrected chi connectivity index (χ3v) is 5.71. The smallest absolute Gasteiger partial charge is 0.334 e. The van der Waals surface area contributed by atoms with E-state index in [2.05, 4.69) is 6.58 Å². The van der Waals surface area contributed by atoms with E-state index in [-0.39, 0.29) is 11.7 Å².